The van der Waals surface area contributed by atoms with E-state index < -0.39 is 0 Å². The zero-order chi connectivity index (χ0) is 14.0. The summed E-state index contributed by atoms with van der Waals surface area (Å²) >= 11 is 3.32. The lowest BCUT2D eigenvalue weighted by molar-refractivity contribution is 0.0924. The number of rotatable bonds is 2. The summed E-state index contributed by atoms with van der Waals surface area (Å²) in [6, 6.07) is 7.21. The van der Waals surface area contributed by atoms with Crippen LogP contribution in [0.25, 0.3) is 0 Å². The summed E-state index contributed by atoms with van der Waals surface area (Å²) in [5.74, 6) is -0.200. The molecule has 19 heavy (non-hydrogen) atoms. The number of nitrogens with two attached hydrogens (primary N) is 2. The summed E-state index contributed by atoms with van der Waals surface area (Å²) in [4.78, 5) is 11.2. The molecule has 0 bridgehead atoms. The molecule has 0 saturated heterocycles. The third-order valence-corrected chi connectivity index (χ3v) is 2.84. The lowest BCUT2D eigenvalue weighted by Crippen LogP contribution is -2.10. The van der Waals surface area contributed by atoms with Crippen molar-refractivity contribution in [3.8, 4) is 0 Å². The molecule has 1 aromatic heterocycles. The van der Waals surface area contributed by atoms with E-state index >= 15 is 0 Å². The van der Waals surface area contributed by atoms with Crippen LogP contribution in [0.15, 0.2) is 39.0 Å². The smallest absolute Gasteiger partial charge is 0.245 e. The first kappa shape index (κ1) is 13.2. The standard InChI is InChI=1S/C11H11BrN6O/c1-6(19)18-11(14)9(10(13)17-18)16-15-8-4-2-7(12)3-5-8/h2-5H,14H2,1H3,(H2,13,17). The molecule has 0 aliphatic rings. The summed E-state index contributed by atoms with van der Waals surface area (Å²) in [6.45, 7) is 1.33. The molecule has 8 heteroatoms. The largest absolute Gasteiger partial charge is 0.382 e. The Kier molecular flexibility index (Phi) is 3.61. The van der Waals surface area contributed by atoms with Crippen LogP contribution >= 0.6 is 15.9 Å². The van der Waals surface area contributed by atoms with Crippen LogP contribution in [0.3, 0.4) is 0 Å². The number of nitrogens with zero attached hydrogens (tertiary/aromatic N) is 4. The van der Waals surface area contributed by atoms with Crippen molar-refractivity contribution in [1.29, 1.82) is 0 Å². The van der Waals surface area contributed by atoms with Crippen LogP contribution in [-0.4, -0.2) is 15.7 Å². The third kappa shape index (κ3) is 2.79. The van der Waals surface area contributed by atoms with E-state index in [9.17, 15) is 4.79 Å². The van der Waals surface area contributed by atoms with Gasteiger partial charge in [0.2, 0.25) is 5.91 Å². The van der Waals surface area contributed by atoms with E-state index in [4.69, 9.17) is 11.5 Å². The van der Waals surface area contributed by atoms with Crippen molar-refractivity contribution in [3.05, 3.63) is 28.7 Å². The second-order valence-electron chi connectivity index (χ2n) is 3.73. The lowest BCUT2D eigenvalue weighted by atomic mass is 10.3. The molecule has 98 valence electrons. The van der Waals surface area contributed by atoms with Crippen molar-refractivity contribution < 1.29 is 4.79 Å². The molecular formula is C11H11BrN6O. The molecule has 0 fully saturated rings. The van der Waals surface area contributed by atoms with Gasteiger partial charge in [0, 0.05) is 11.4 Å². The maximum Gasteiger partial charge on any atom is 0.245 e. The number of carbonyl (C=O) groups is 1. The van der Waals surface area contributed by atoms with Gasteiger partial charge in [-0.15, -0.1) is 10.2 Å². The van der Waals surface area contributed by atoms with E-state index in [-0.39, 0.29) is 23.2 Å². The SMILES string of the molecule is CC(=O)n1nc(N)c(N=Nc2ccc(Br)cc2)c1N. The summed E-state index contributed by atoms with van der Waals surface area (Å²) in [5, 5.41) is 11.7. The number of azo groups is 1. The Hall–Kier alpha value is -2.22. The van der Waals surface area contributed by atoms with Crippen molar-refractivity contribution in [1.82, 2.24) is 9.78 Å². The van der Waals surface area contributed by atoms with E-state index in [0.717, 1.165) is 9.15 Å². The van der Waals surface area contributed by atoms with Gasteiger partial charge in [0.05, 0.1) is 5.69 Å². The maximum atomic E-state index is 11.2. The highest BCUT2D eigenvalue weighted by Gasteiger charge is 2.15. The molecule has 0 unspecified atom stereocenters. The van der Waals surface area contributed by atoms with Crippen molar-refractivity contribution in [2.75, 3.05) is 11.5 Å². The van der Waals surface area contributed by atoms with Crippen LogP contribution in [0.4, 0.5) is 23.0 Å². The van der Waals surface area contributed by atoms with Gasteiger partial charge < -0.3 is 11.5 Å². The van der Waals surface area contributed by atoms with Gasteiger partial charge in [0.1, 0.15) is 0 Å². The molecule has 1 aromatic carbocycles. The first-order valence-corrected chi connectivity index (χ1v) is 6.10. The summed E-state index contributed by atoms with van der Waals surface area (Å²) in [5.41, 5.74) is 12.2. The monoisotopic (exact) mass is 322 g/mol. The number of hydrogen-bond donors (Lipinski definition) is 2. The number of hydrogen-bond acceptors (Lipinski definition) is 6. The topological polar surface area (TPSA) is 112 Å². The summed E-state index contributed by atoms with van der Waals surface area (Å²) in [6.07, 6.45) is 0. The molecule has 0 amide bonds. The second kappa shape index (κ2) is 5.19. The molecule has 1 heterocycles. The lowest BCUT2D eigenvalue weighted by Gasteiger charge is -1.96. The fraction of sp³-hybridized carbons (Fsp3) is 0.0909. The predicted octanol–water partition coefficient (Wildman–Crippen LogP) is 2.89. The third-order valence-electron chi connectivity index (χ3n) is 2.31. The highest BCUT2D eigenvalue weighted by Crippen LogP contribution is 2.30. The highest BCUT2D eigenvalue weighted by atomic mass is 79.9. The molecular weight excluding hydrogens is 312 g/mol. The van der Waals surface area contributed by atoms with Gasteiger partial charge in [-0.25, -0.2) is 0 Å². The average Bonchev–Trinajstić information content (AvgIpc) is 2.65. The molecule has 0 saturated carbocycles. The van der Waals surface area contributed by atoms with Crippen molar-refractivity contribution in [2.24, 2.45) is 10.2 Å². The minimum atomic E-state index is -0.339. The minimum Gasteiger partial charge on any atom is -0.382 e. The van der Waals surface area contributed by atoms with Crippen LogP contribution in [-0.2, 0) is 0 Å². The Morgan fingerprint density at radius 3 is 2.42 bits per heavy atom. The number of nitrogen functional groups attached to an aromatic ring is 2. The number of carbonyl (C=O) groups excluding carboxylic acids is 1. The van der Waals surface area contributed by atoms with Gasteiger partial charge in [-0.05, 0) is 24.3 Å². The van der Waals surface area contributed by atoms with Gasteiger partial charge in [0.25, 0.3) is 0 Å². The molecule has 0 aliphatic heterocycles. The Balaban J connectivity index is 2.33. The van der Waals surface area contributed by atoms with E-state index in [2.05, 4.69) is 31.3 Å². The normalized spacial score (nSPS) is 11.1. The quantitative estimate of drug-likeness (QED) is 0.827. The predicted molar refractivity (Wildman–Crippen MR) is 75.7 cm³/mol. The van der Waals surface area contributed by atoms with Gasteiger partial charge >= 0.3 is 0 Å². The number of anilines is 2. The van der Waals surface area contributed by atoms with E-state index in [1.807, 2.05) is 12.1 Å². The van der Waals surface area contributed by atoms with Crippen LogP contribution in [0.2, 0.25) is 0 Å². The first-order valence-electron chi connectivity index (χ1n) is 5.31. The van der Waals surface area contributed by atoms with Crippen molar-refractivity contribution >= 4 is 44.8 Å². The number of benzene rings is 1. The fourth-order valence-corrected chi connectivity index (χ4v) is 1.66. The van der Waals surface area contributed by atoms with Gasteiger partial charge in [-0.1, -0.05) is 15.9 Å². The highest BCUT2D eigenvalue weighted by molar-refractivity contribution is 9.10. The zero-order valence-electron chi connectivity index (χ0n) is 10.0. The zero-order valence-corrected chi connectivity index (χ0v) is 11.6. The molecule has 2 rings (SSSR count). The molecule has 2 aromatic rings. The molecule has 0 aliphatic carbocycles. The molecule has 0 atom stereocenters. The minimum absolute atomic E-state index is 0.0635. The van der Waals surface area contributed by atoms with Crippen LogP contribution in [0, 0.1) is 0 Å². The first-order chi connectivity index (χ1) is 8.99. The van der Waals surface area contributed by atoms with Crippen molar-refractivity contribution in [3.63, 3.8) is 0 Å². The van der Waals surface area contributed by atoms with Gasteiger partial charge in [0.15, 0.2) is 17.3 Å². The Morgan fingerprint density at radius 1 is 1.26 bits per heavy atom. The molecule has 0 radical (unpaired) electrons. The molecule has 7 nitrogen and oxygen atoms in total. The Bertz CT molecular complexity index is 646. The van der Waals surface area contributed by atoms with E-state index in [0.29, 0.717) is 5.69 Å². The summed E-state index contributed by atoms with van der Waals surface area (Å²) < 4.78 is 1.93. The van der Waals surface area contributed by atoms with E-state index in [1.54, 1.807) is 12.1 Å². The van der Waals surface area contributed by atoms with Gasteiger partial charge in [-0.3, -0.25) is 4.79 Å². The Morgan fingerprint density at radius 2 is 1.89 bits per heavy atom. The summed E-state index contributed by atoms with van der Waals surface area (Å²) in [7, 11) is 0. The fourth-order valence-electron chi connectivity index (χ4n) is 1.40. The second-order valence-corrected chi connectivity index (χ2v) is 4.64. The molecule has 0 spiro atoms. The maximum absolute atomic E-state index is 11.2. The average molecular weight is 323 g/mol. The van der Waals surface area contributed by atoms with Crippen LogP contribution in [0.1, 0.15) is 11.7 Å². The van der Waals surface area contributed by atoms with Crippen LogP contribution in [0.5, 0.6) is 0 Å². The number of aromatic nitrogens is 2. The number of halogens is 1. The van der Waals surface area contributed by atoms with Crippen molar-refractivity contribution in [2.45, 2.75) is 6.92 Å². The van der Waals surface area contributed by atoms with E-state index in [1.165, 1.54) is 6.92 Å². The van der Waals surface area contributed by atoms with Gasteiger partial charge in [-0.2, -0.15) is 9.80 Å². The Labute approximate surface area is 117 Å². The van der Waals surface area contributed by atoms with Crippen LogP contribution < -0.4 is 11.5 Å². The molecule has 4 N–H and O–H groups in total.